The summed E-state index contributed by atoms with van der Waals surface area (Å²) in [5.74, 6) is -1.22. The first-order chi connectivity index (χ1) is 9.88. The van der Waals surface area contributed by atoms with Crippen LogP contribution in [-0.2, 0) is 6.54 Å². The van der Waals surface area contributed by atoms with Crippen LogP contribution in [0.1, 0.15) is 5.56 Å². The minimum Gasteiger partial charge on any atom is -0.375 e. The molecule has 0 saturated heterocycles. The van der Waals surface area contributed by atoms with Crippen molar-refractivity contribution in [3.05, 3.63) is 67.7 Å². The first kappa shape index (κ1) is 15.5. The van der Waals surface area contributed by atoms with E-state index in [4.69, 9.17) is 23.2 Å². The first-order valence-corrected chi connectivity index (χ1v) is 6.45. The Morgan fingerprint density at radius 2 is 1.81 bits per heavy atom. The summed E-state index contributed by atoms with van der Waals surface area (Å²) in [4.78, 5) is 10.3. The van der Waals surface area contributed by atoms with Gasteiger partial charge in [0.15, 0.2) is 0 Å². The molecule has 0 saturated carbocycles. The molecule has 4 nitrogen and oxygen atoms in total. The Morgan fingerprint density at radius 1 is 1.14 bits per heavy atom. The van der Waals surface area contributed by atoms with Crippen molar-refractivity contribution in [2.45, 2.75) is 6.54 Å². The number of nitrogens with one attached hydrogen (secondary N) is 1. The number of benzene rings is 2. The van der Waals surface area contributed by atoms with E-state index in [9.17, 15) is 18.9 Å². The highest BCUT2D eigenvalue weighted by atomic mass is 35.5. The third kappa shape index (κ3) is 3.59. The van der Waals surface area contributed by atoms with Crippen LogP contribution in [-0.4, -0.2) is 4.92 Å². The van der Waals surface area contributed by atoms with Gasteiger partial charge in [-0.05, 0) is 24.3 Å². The molecule has 0 aliphatic rings. The lowest BCUT2D eigenvalue weighted by Gasteiger charge is -2.09. The second-order valence-electron chi connectivity index (χ2n) is 4.13. The van der Waals surface area contributed by atoms with Gasteiger partial charge in [0, 0.05) is 18.2 Å². The monoisotopic (exact) mass is 332 g/mol. The molecule has 0 spiro atoms. The van der Waals surface area contributed by atoms with Gasteiger partial charge in [0.1, 0.15) is 17.3 Å². The van der Waals surface area contributed by atoms with E-state index in [0.29, 0.717) is 0 Å². The molecule has 8 heteroatoms. The van der Waals surface area contributed by atoms with Crippen LogP contribution in [0.4, 0.5) is 20.2 Å². The summed E-state index contributed by atoms with van der Waals surface area (Å²) in [6, 6.07) is 5.33. The van der Waals surface area contributed by atoms with Crippen LogP contribution in [0.5, 0.6) is 0 Å². The maximum Gasteiger partial charge on any atom is 0.293 e. The van der Waals surface area contributed by atoms with E-state index < -0.39 is 16.6 Å². The van der Waals surface area contributed by atoms with Crippen LogP contribution in [0, 0.1) is 21.7 Å². The molecule has 110 valence electrons. The number of hydrogen-bond acceptors (Lipinski definition) is 3. The van der Waals surface area contributed by atoms with Crippen molar-refractivity contribution in [2.24, 2.45) is 0 Å². The zero-order chi connectivity index (χ0) is 15.6. The van der Waals surface area contributed by atoms with Crippen LogP contribution in [0.25, 0.3) is 0 Å². The van der Waals surface area contributed by atoms with Crippen molar-refractivity contribution in [2.75, 3.05) is 5.32 Å². The number of nitro groups is 1. The molecule has 0 radical (unpaired) electrons. The highest BCUT2D eigenvalue weighted by Crippen LogP contribution is 2.34. The van der Waals surface area contributed by atoms with Gasteiger partial charge in [-0.3, -0.25) is 10.1 Å². The van der Waals surface area contributed by atoms with Gasteiger partial charge in [0.25, 0.3) is 5.69 Å². The number of hydrogen-bond donors (Lipinski definition) is 1. The standard InChI is InChI=1S/C13H8Cl2F2N2O2/c14-9-4-12(13(19(20)21)5-10(9)15)18-6-7-3-8(16)1-2-11(7)17/h1-5,18H,6H2. The van der Waals surface area contributed by atoms with Gasteiger partial charge in [-0.1, -0.05) is 23.2 Å². The van der Waals surface area contributed by atoms with Gasteiger partial charge in [-0.25, -0.2) is 8.78 Å². The van der Waals surface area contributed by atoms with E-state index in [1.54, 1.807) is 0 Å². The average molecular weight is 333 g/mol. The topological polar surface area (TPSA) is 55.2 Å². The molecule has 2 rings (SSSR count). The van der Waals surface area contributed by atoms with Gasteiger partial charge in [-0.15, -0.1) is 0 Å². The molecule has 21 heavy (non-hydrogen) atoms. The van der Waals surface area contributed by atoms with Crippen molar-refractivity contribution in [3.8, 4) is 0 Å². The van der Waals surface area contributed by atoms with E-state index in [2.05, 4.69) is 5.32 Å². The minimum absolute atomic E-state index is 0.0332. The number of nitro benzene ring substituents is 1. The summed E-state index contributed by atoms with van der Waals surface area (Å²) in [6.07, 6.45) is 0. The SMILES string of the molecule is O=[N+]([O-])c1cc(Cl)c(Cl)cc1NCc1cc(F)ccc1F. The van der Waals surface area contributed by atoms with Crippen molar-refractivity contribution in [3.63, 3.8) is 0 Å². The Morgan fingerprint density at radius 3 is 2.48 bits per heavy atom. The summed E-state index contributed by atoms with van der Waals surface area (Å²) < 4.78 is 26.5. The molecule has 2 aromatic carbocycles. The zero-order valence-electron chi connectivity index (χ0n) is 10.4. The van der Waals surface area contributed by atoms with Crippen molar-refractivity contribution in [1.29, 1.82) is 0 Å². The number of anilines is 1. The molecule has 1 N–H and O–H groups in total. The summed E-state index contributed by atoms with van der Waals surface area (Å²) in [5.41, 5.74) is -0.199. The lowest BCUT2D eigenvalue weighted by atomic mass is 10.2. The van der Waals surface area contributed by atoms with Crippen LogP contribution >= 0.6 is 23.2 Å². The van der Waals surface area contributed by atoms with Gasteiger partial charge in [0.05, 0.1) is 15.0 Å². The van der Waals surface area contributed by atoms with Gasteiger partial charge < -0.3 is 5.32 Å². The van der Waals surface area contributed by atoms with Gasteiger partial charge in [0.2, 0.25) is 0 Å². The predicted octanol–water partition coefficient (Wildman–Crippen LogP) is 4.79. The lowest BCUT2D eigenvalue weighted by Crippen LogP contribution is -2.05. The maximum atomic E-state index is 13.5. The van der Waals surface area contributed by atoms with Crippen LogP contribution < -0.4 is 5.32 Å². The van der Waals surface area contributed by atoms with Gasteiger partial charge >= 0.3 is 0 Å². The van der Waals surface area contributed by atoms with Crippen molar-refractivity contribution < 1.29 is 13.7 Å². The fourth-order valence-electron chi connectivity index (χ4n) is 1.70. The molecule has 0 fully saturated rings. The molecule has 2 aromatic rings. The molecule has 0 aromatic heterocycles. The third-order valence-electron chi connectivity index (χ3n) is 2.71. The zero-order valence-corrected chi connectivity index (χ0v) is 11.9. The number of rotatable bonds is 4. The van der Waals surface area contributed by atoms with E-state index in [1.165, 1.54) is 6.07 Å². The number of halogens is 4. The predicted molar refractivity (Wildman–Crippen MR) is 76.8 cm³/mol. The fraction of sp³-hybridized carbons (Fsp3) is 0.0769. The molecule has 0 bridgehead atoms. The minimum atomic E-state index is -0.646. The third-order valence-corrected chi connectivity index (χ3v) is 3.43. The molecular formula is C13H8Cl2F2N2O2. The molecule has 0 heterocycles. The van der Waals surface area contributed by atoms with E-state index in [0.717, 1.165) is 24.3 Å². The Kier molecular flexibility index (Phi) is 4.59. The molecule has 0 amide bonds. The lowest BCUT2D eigenvalue weighted by molar-refractivity contribution is -0.383. The van der Waals surface area contributed by atoms with E-state index in [-0.39, 0.29) is 33.5 Å². The summed E-state index contributed by atoms with van der Waals surface area (Å²) in [7, 11) is 0. The maximum absolute atomic E-state index is 13.5. The first-order valence-electron chi connectivity index (χ1n) is 5.69. The van der Waals surface area contributed by atoms with Crippen LogP contribution in [0.2, 0.25) is 10.0 Å². The quantitative estimate of drug-likeness (QED) is 0.646. The van der Waals surface area contributed by atoms with E-state index >= 15 is 0 Å². The molecule has 0 atom stereocenters. The fourth-order valence-corrected chi connectivity index (χ4v) is 2.02. The molecule has 0 unspecified atom stereocenters. The highest BCUT2D eigenvalue weighted by Gasteiger charge is 2.17. The Labute approximate surface area is 128 Å². The van der Waals surface area contributed by atoms with Crippen molar-refractivity contribution >= 4 is 34.6 Å². The Hall–Kier alpha value is -1.92. The second kappa shape index (κ2) is 6.24. The number of nitrogens with zero attached hydrogens (tertiary/aromatic N) is 1. The summed E-state index contributed by atoms with van der Waals surface area (Å²) in [6.45, 7) is -0.137. The normalized spacial score (nSPS) is 10.5. The Balaban J connectivity index is 2.29. The van der Waals surface area contributed by atoms with Crippen molar-refractivity contribution in [1.82, 2.24) is 0 Å². The molecule has 0 aliphatic carbocycles. The van der Waals surface area contributed by atoms with E-state index in [1.807, 2.05) is 0 Å². The second-order valence-corrected chi connectivity index (χ2v) is 4.94. The smallest absolute Gasteiger partial charge is 0.293 e. The van der Waals surface area contributed by atoms with Crippen LogP contribution in [0.3, 0.4) is 0 Å². The van der Waals surface area contributed by atoms with Gasteiger partial charge in [-0.2, -0.15) is 0 Å². The largest absolute Gasteiger partial charge is 0.375 e. The molecule has 0 aliphatic heterocycles. The Bertz CT molecular complexity index is 711. The van der Waals surface area contributed by atoms with Crippen LogP contribution in [0.15, 0.2) is 30.3 Å². The molecular weight excluding hydrogens is 325 g/mol. The summed E-state index contributed by atoms with van der Waals surface area (Å²) >= 11 is 11.5. The summed E-state index contributed by atoms with van der Waals surface area (Å²) in [5, 5.41) is 13.8. The average Bonchev–Trinajstić information content (AvgIpc) is 2.42. The highest BCUT2D eigenvalue weighted by molar-refractivity contribution is 6.42.